The summed E-state index contributed by atoms with van der Waals surface area (Å²) < 4.78 is 6.97. The summed E-state index contributed by atoms with van der Waals surface area (Å²) in [5.74, 6) is 0. The quantitative estimate of drug-likeness (QED) is 0.150. The molecule has 62 heavy (non-hydrogen) atoms. The molecule has 11 aromatic carbocycles. The number of rotatable bonds is 7. The van der Waals surface area contributed by atoms with Crippen molar-refractivity contribution in [2.45, 2.75) is 0 Å². The van der Waals surface area contributed by atoms with Gasteiger partial charge in [-0.2, -0.15) is 0 Å². The topological polar surface area (TPSA) is 16.4 Å². The predicted molar refractivity (Wildman–Crippen MR) is 263 cm³/mol. The van der Waals surface area contributed by atoms with E-state index in [0.29, 0.717) is 0 Å². The van der Waals surface area contributed by atoms with Crippen molar-refractivity contribution in [1.82, 2.24) is 0 Å². The summed E-state index contributed by atoms with van der Waals surface area (Å²) >= 11 is 0. The van der Waals surface area contributed by atoms with Crippen LogP contribution < -0.4 is 4.90 Å². The van der Waals surface area contributed by atoms with Gasteiger partial charge in [-0.1, -0.05) is 188 Å². The van der Waals surface area contributed by atoms with Gasteiger partial charge in [0.05, 0.1) is 5.69 Å². The standard InChI is InChI=1S/C60H39NO/c1-2-13-40(14-3-1)41-27-29-42(30-28-41)43-31-34-49(35-32-43)61(58-26-12-25-55-56-36-33-44-15-4-7-22-52(44)59(56)62-60(55)58)50-20-11-18-46(38-50)45-17-10-19-47(37-45)57-39-48-16-5-6-21-51(48)53-23-8-9-24-54(53)57/h1-39H. The van der Waals surface area contributed by atoms with E-state index >= 15 is 0 Å². The van der Waals surface area contributed by atoms with Crippen LogP contribution in [0.2, 0.25) is 0 Å². The van der Waals surface area contributed by atoms with Crippen LogP contribution in [0.15, 0.2) is 241 Å². The Hall–Kier alpha value is -8.20. The molecule has 0 unspecified atom stereocenters. The number of para-hydroxylation sites is 1. The van der Waals surface area contributed by atoms with Gasteiger partial charge in [0, 0.05) is 27.5 Å². The molecule has 0 spiro atoms. The van der Waals surface area contributed by atoms with Gasteiger partial charge in [0.25, 0.3) is 0 Å². The molecule has 0 fully saturated rings. The Balaban J connectivity index is 0.990. The summed E-state index contributed by atoms with van der Waals surface area (Å²) in [6.45, 7) is 0. The van der Waals surface area contributed by atoms with Crippen LogP contribution in [0.1, 0.15) is 0 Å². The van der Waals surface area contributed by atoms with Gasteiger partial charge in [-0.15, -0.1) is 0 Å². The number of hydrogen-bond donors (Lipinski definition) is 0. The lowest BCUT2D eigenvalue weighted by molar-refractivity contribution is 0.673. The molecular formula is C60H39NO. The second-order valence-electron chi connectivity index (χ2n) is 16.1. The molecule has 0 radical (unpaired) electrons. The minimum atomic E-state index is 0.856. The van der Waals surface area contributed by atoms with E-state index in [2.05, 4.69) is 241 Å². The zero-order valence-electron chi connectivity index (χ0n) is 33.9. The fourth-order valence-corrected chi connectivity index (χ4v) is 9.39. The smallest absolute Gasteiger partial charge is 0.159 e. The van der Waals surface area contributed by atoms with Crippen LogP contribution >= 0.6 is 0 Å². The van der Waals surface area contributed by atoms with E-state index in [1.54, 1.807) is 0 Å². The average Bonchev–Trinajstić information content (AvgIpc) is 3.75. The molecule has 0 atom stereocenters. The maximum absolute atomic E-state index is 6.97. The second-order valence-corrected chi connectivity index (χ2v) is 16.1. The molecule has 12 aromatic rings. The number of fused-ring (bicyclic) bond motifs is 8. The number of furan rings is 1. The first kappa shape index (κ1) is 35.7. The summed E-state index contributed by atoms with van der Waals surface area (Å²) in [5.41, 5.74) is 14.3. The Morgan fingerprint density at radius 3 is 1.56 bits per heavy atom. The number of benzene rings is 11. The van der Waals surface area contributed by atoms with Crippen LogP contribution in [0.25, 0.3) is 98.8 Å². The third-order valence-electron chi connectivity index (χ3n) is 12.4. The van der Waals surface area contributed by atoms with E-state index in [9.17, 15) is 0 Å². The van der Waals surface area contributed by atoms with Crippen molar-refractivity contribution < 1.29 is 4.42 Å². The fourth-order valence-electron chi connectivity index (χ4n) is 9.39. The highest BCUT2D eigenvalue weighted by atomic mass is 16.3. The largest absolute Gasteiger partial charge is 0.453 e. The third-order valence-corrected chi connectivity index (χ3v) is 12.4. The maximum Gasteiger partial charge on any atom is 0.159 e. The minimum Gasteiger partial charge on any atom is -0.453 e. The average molecular weight is 790 g/mol. The third kappa shape index (κ3) is 6.12. The SMILES string of the molecule is c1ccc(-c2ccc(-c3ccc(N(c4cccc(-c5cccc(-c6cc7ccccc7c7ccccc67)c5)c4)c4cccc5c4oc4c6ccccc6ccc54)cc3)cc2)cc1. The predicted octanol–water partition coefficient (Wildman–Crippen LogP) is 17.2. The maximum atomic E-state index is 6.97. The Morgan fingerprint density at radius 1 is 0.258 bits per heavy atom. The summed E-state index contributed by atoms with van der Waals surface area (Å²) in [5, 5.41) is 9.53. The highest BCUT2D eigenvalue weighted by molar-refractivity contribution is 6.18. The highest BCUT2D eigenvalue weighted by Crippen LogP contribution is 2.45. The van der Waals surface area contributed by atoms with Gasteiger partial charge in [-0.05, 0) is 120 Å². The Bertz CT molecular complexity index is 3620. The lowest BCUT2D eigenvalue weighted by Gasteiger charge is -2.26. The van der Waals surface area contributed by atoms with Crippen LogP contribution in [0.3, 0.4) is 0 Å². The van der Waals surface area contributed by atoms with E-state index in [1.165, 1.54) is 49.4 Å². The number of hydrogen-bond acceptors (Lipinski definition) is 2. The molecule has 2 nitrogen and oxygen atoms in total. The summed E-state index contributed by atoms with van der Waals surface area (Å²) in [6.07, 6.45) is 0. The highest BCUT2D eigenvalue weighted by Gasteiger charge is 2.21. The van der Waals surface area contributed by atoms with Gasteiger partial charge in [0.2, 0.25) is 0 Å². The summed E-state index contributed by atoms with van der Waals surface area (Å²) in [4.78, 5) is 2.35. The molecule has 0 N–H and O–H groups in total. The molecule has 0 aliphatic rings. The van der Waals surface area contributed by atoms with Crippen LogP contribution in [-0.4, -0.2) is 0 Å². The van der Waals surface area contributed by atoms with Gasteiger partial charge in [-0.25, -0.2) is 0 Å². The molecule has 290 valence electrons. The van der Waals surface area contributed by atoms with E-state index in [4.69, 9.17) is 4.42 Å². The van der Waals surface area contributed by atoms with Crippen molar-refractivity contribution >= 4 is 71.3 Å². The van der Waals surface area contributed by atoms with E-state index in [-0.39, 0.29) is 0 Å². The monoisotopic (exact) mass is 789 g/mol. The first-order valence-corrected chi connectivity index (χ1v) is 21.2. The molecular weight excluding hydrogens is 751 g/mol. The van der Waals surface area contributed by atoms with Crippen molar-refractivity contribution in [3.63, 3.8) is 0 Å². The van der Waals surface area contributed by atoms with E-state index < -0.39 is 0 Å². The van der Waals surface area contributed by atoms with Crippen molar-refractivity contribution in [2.75, 3.05) is 4.90 Å². The molecule has 1 heterocycles. The lowest BCUT2D eigenvalue weighted by atomic mass is 9.92. The van der Waals surface area contributed by atoms with Crippen molar-refractivity contribution in [3.8, 4) is 44.5 Å². The molecule has 0 saturated carbocycles. The second kappa shape index (κ2) is 14.8. The van der Waals surface area contributed by atoms with Crippen LogP contribution in [-0.2, 0) is 0 Å². The van der Waals surface area contributed by atoms with Gasteiger partial charge in [0.1, 0.15) is 5.58 Å². The van der Waals surface area contributed by atoms with Crippen molar-refractivity contribution in [3.05, 3.63) is 237 Å². The Labute approximate surface area is 360 Å². The first-order valence-electron chi connectivity index (χ1n) is 21.2. The minimum absolute atomic E-state index is 0.856. The molecule has 0 aliphatic heterocycles. The normalized spacial score (nSPS) is 11.5. The summed E-state index contributed by atoms with van der Waals surface area (Å²) in [7, 11) is 0. The van der Waals surface area contributed by atoms with Crippen molar-refractivity contribution in [1.29, 1.82) is 0 Å². The lowest BCUT2D eigenvalue weighted by Crippen LogP contribution is -2.10. The van der Waals surface area contributed by atoms with Crippen LogP contribution in [0, 0.1) is 0 Å². The molecule has 0 aliphatic carbocycles. The molecule has 0 bridgehead atoms. The molecule has 12 rings (SSSR count). The Morgan fingerprint density at radius 2 is 0.790 bits per heavy atom. The number of anilines is 3. The van der Waals surface area contributed by atoms with Crippen molar-refractivity contribution in [2.24, 2.45) is 0 Å². The Kier molecular flexibility index (Phi) is 8.53. The van der Waals surface area contributed by atoms with Gasteiger partial charge >= 0.3 is 0 Å². The number of nitrogens with zero attached hydrogens (tertiary/aromatic N) is 1. The first-order chi connectivity index (χ1) is 30.7. The van der Waals surface area contributed by atoms with Gasteiger partial charge in [-0.3, -0.25) is 0 Å². The zero-order chi connectivity index (χ0) is 41.0. The van der Waals surface area contributed by atoms with Crippen LogP contribution in [0.5, 0.6) is 0 Å². The van der Waals surface area contributed by atoms with E-state index in [0.717, 1.165) is 66.5 Å². The zero-order valence-corrected chi connectivity index (χ0v) is 33.9. The molecule has 0 amide bonds. The van der Waals surface area contributed by atoms with E-state index in [1.807, 2.05) is 0 Å². The van der Waals surface area contributed by atoms with Crippen LogP contribution in [0.4, 0.5) is 17.1 Å². The van der Waals surface area contributed by atoms with Gasteiger partial charge < -0.3 is 9.32 Å². The summed E-state index contributed by atoms with van der Waals surface area (Å²) in [6, 6.07) is 85.3. The molecule has 0 saturated heterocycles. The fraction of sp³-hybridized carbons (Fsp3) is 0. The van der Waals surface area contributed by atoms with Gasteiger partial charge in [0.15, 0.2) is 5.58 Å². The molecule has 2 heteroatoms. The molecule has 1 aromatic heterocycles.